The summed E-state index contributed by atoms with van der Waals surface area (Å²) >= 11 is 0. The van der Waals surface area contributed by atoms with E-state index in [0.29, 0.717) is 0 Å². The molecule has 0 saturated carbocycles. The lowest BCUT2D eigenvalue weighted by atomic mass is 9.85. The maximum absolute atomic E-state index is 2.53. The second-order valence-electron chi connectivity index (χ2n) is 10.1. The molecule has 0 saturated heterocycles. The van der Waals surface area contributed by atoms with E-state index in [4.69, 9.17) is 0 Å². The van der Waals surface area contributed by atoms with Gasteiger partial charge in [0.2, 0.25) is 0 Å². The molecular weight excluding hydrogens is 436 g/mol. The van der Waals surface area contributed by atoms with Gasteiger partial charge in [0, 0.05) is 0 Å². The van der Waals surface area contributed by atoms with Crippen molar-refractivity contribution in [3.63, 3.8) is 0 Å². The highest BCUT2D eigenvalue weighted by atomic mass is 28.3. The first-order valence-corrected chi connectivity index (χ1v) is 15.4. The number of hydrogen-bond donors (Lipinski definition) is 0. The lowest BCUT2D eigenvalue weighted by Gasteiger charge is -2.25. The van der Waals surface area contributed by atoms with Crippen molar-refractivity contribution in [1.29, 1.82) is 0 Å². The van der Waals surface area contributed by atoms with Crippen molar-refractivity contribution >= 4 is 40.0 Å². The highest BCUT2D eigenvalue weighted by Crippen LogP contribution is 2.45. The molecule has 1 heterocycles. The molecule has 0 aromatic heterocycles. The third-order valence-electron chi connectivity index (χ3n) is 7.83. The van der Waals surface area contributed by atoms with Crippen LogP contribution in [0.5, 0.6) is 0 Å². The van der Waals surface area contributed by atoms with E-state index in [1.54, 1.807) is 10.4 Å². The van der Waals surface area contributed by atoms with Gasteiger partial charge in [0.15, 0.2) is 0 Å². The lowest BCUT2D eigenvalue weighted by molar-refractivity contribution is 1.65. The zero-order valence-electron chi connectivity index (χ0n) is 20.0. The van der Waals surface area contributed by atoms with E-state index < -0.39 is 8.07 Å². The van der Waals surface area contributed by atoms with Gasteiger partial charge in [-0.15, -0.1) is 0 Å². The molecule has 0 unspecified atom stereocenters. The minimum Gasteiger partial charge on any atom is -0.0623 e. The largest absolute Gasteiger partial charge is 0.114 e. The average molecular weight is 463 g/mol. The quantitative estimate of drug-likeness (QED) is 0.180. The Hall–Kier alpha value is -3.94. The number of rotatable bonds is 2. The van der Waals surface area contributed by atoms with Gasteiger partial charge in [-0.25, -0.2) is 0 Å². The van der Waals surface area contributed by atoms with Gasteiger partial charge in [-0.3, -0.25) is 0 Å². The summed E-state index contributed by atoms with van der Waals surface area (Å²) in [4.78, 5) is 0. The maximum Gasteiger partial charge on any atom is 0.114 e. The van der Waals surface area contributed by atoms with Crippen LogP contribution in [0.3, 0.4) is 0 Å². The van der Waals surface area contributed by atoms with Crippen LogP contribution in [0, 0.1) is 0 Å². The molecule has 6 aromatic carbocycles. The molecule has 0 amide bonds. The Morgan fingerprint density at radius 2 is 0.971 bits per heavy atom. The van der Waals surface area contributed by atoms with Crippen molar-refractivity contribution in [3.8, 4) is 33.4 Å². The van der Waals surface area contributed by atoms with Crippen molar-refractivity contribution in [2.24, 2.45) is 0 Å². The Morgan fingerprint density at radius 3 is 1.66 bits per heavy atom. The monoisotopic (exact) mass is 462 g/mol. The fourth-order valence-corrected chi connectivity index (χ4v) is 9.81. The minimum atomic E-state index is -1.92. The van der Waals surface area contributed by atoms with Crippen molar-refractivity contribution in [2.75, 3.05) is 0 Å². The summed E-state index contributed by atoms with van der Waals surface area (Å²) in [5.74, 6) is 0. The molecule has 0 nitrogen and oxygen atoms in total. The van der Waals surface area contributed by atoms with E-state index in [-0.39, 0.29) is 0 Å². The molecule has 35 heavy (non-hydrogen) atoms. The van der Waals surface area contributed by atoms with Crippen molar-refractivity contribution < 1.29 is 0 Å². The molecule has 1 aliphatic heterocycles. The van der Waals surface area contributed by atoms with Crippen LogP contribution in [0.15, 0.2) is 121 Å². The summed E-state index contributed by atoms with van der Waals surface area (Å²) in [7, 11) is -1.92. The van der Waals surface area contributed by atoms with Crippen LogP contribution in [-0.4, -0.2) is 8.07 Å². The molecule has 0 spiro atoms. The molecule has 0 aliphatic carbocycles. The van der Waals surface area contributed by atoms with Gasteiger partial charge in [-0.1, -0.05) is 134 Å². The van der Waals surface area contributed by atoms with Crippen LogP contribution in [0.2, 0.25) is 13.1 Å². The second-order valence-corrected chi connectivity index (χ2v) is 14.4. The highest BCUT2D eigenvalue weighted by molar-refractivity contribution is 7.05. The van der Waals surface area contributed by atoms with E-state index in [0.717, 1.165) is 0 Å². The summed E-state index contributed by atoms with van der Waals surface area (Å²) in [6, 6.07) is 44.8. The third kappa shape index (κ3) is 2.85. The maximum atomic E-state index is 2.53. The first-order chi connectivity index (χ1) is 17.2. The van der Waals surface area contributed by atoms with Gasteiger partial charge in [0.05, 0.1) is 0 Å². The summed E-state index contributed by atoms with van der Waals surface area (Å²) < 4.78 is 0. The smallest absolute Gasteiger partial charge is 0.0623 e. The molecular formula is C34H26Si. The summed E-state index contributed by atoms with van der Waals surface area (Å²) in [5.41, 5.74) is 8.15. The zero-order valence-corrected chi connectivity index (χ0v) is 21.0. The fourth-order valence-electron chi connectivity index (χ4n) is 6.36. The van der Waals surface area contributed by atoms with E-state index >= 15 is 0 Å². The molecule has 7 rings (SSSR count). The second kappa shape index (κ2) is 7.53. The zero-order chi connectivity index (χ0) is 23.6. The SMILES string of the molecule is C[Si]1(C)c2ccccc2-c2ccc3c(-c4ccccc4)c4ccccc4c(-c4ccccc4)c3c21. The molecule has 0 N–H and O–H groups in total. The molecule has 0 fully saturated rings. The Kier molecular flexibility index (Phi) is 4.40. The van der Waals surface area contributed by atoms with Gasteiger partial charge >= 0.3 is 0 Å². The molecule has 0 radical (unpaired) electrons. The average Bonchev–Trinajstić information content (AvgIpc) is 3.15. The molecule has 1 heteroatoms. The van der Waals surface area contributed by atoms with Crippen LogP contribution >= 0.6 is 0 Å². The highest BCUT2D eigenvalue weighted by Gasteiger charge is 2.39. The minimum absolute atomic E-state index is 1.28. The Bertz CT molecular complexity index is 1750. The van der Waals surface area contributed by atoms with E-state index in [2.05, 4.69) is 134 Å². The van der Waals surface area contributed by atoms with Gasteiger partial charge in [-0.05, 0) is 65.3 Å². The van der Waals surface area contributed by atoms with Crippen molar-refractivity contribution in [2.45, 2.75) is 13.1 Å². The first-order valence-electron chi connectivity index (χ1n) is 12.4. The lowest BCUT2D eigenvalue weighted by Crippen LogP contribution is -2.49. The molecule has 0 bridgehead atoms. The van der Waals surface area contributed by atoms with Gasteiger partial charge in [0.25, 0.3) is 0 Å². The van der Waals surface area contributed by atoms with Gasteiger partial charge in [-0.2, -0.15) is 0 Å². The first kappa shape index (κ1) is 20.4. The molecule has 166 valence electrons. The topological polar surface area (TPSA) is 0 Å². The van der Waals surface area contributed by atoms with Gasteiger partial charge in [0.1, 0.15) is 8.07 Å². The van der Waals surface area contributed by atoms with E-state index in [9.17, 15) is 0 Å². The number of hydrogen-bond acceptors (Lipinski definition) is 0. The predicted octanol–water partition coefficient (Wildman–Crippen LogP) is 8.13. The molecule has 6 aromatic rings. The summed E-state index contributed by atoms with van der Waals surface area (Å²) in [6.45, 7) is 5.06. The Labute approximate surface area is 207 Å². The van der Waals surface area contributed by atoms with Crippen LogP contribution in [0.1, 0.15) is 0 Å². The third-order valence-corrected chi connectivity index (χ3v) is 11.4. The van der Waals surface area contributed by atoms with Crippen molar-refractivity contribution in [3.05, 3.63) is 121 Å². The van der Waals surface area contributed by atoms with Crippen LogP contribution in [0.4, 0.5) is 0 Å². The van der Waals surface area contributed by atoms with Crippen molar-refractivity contribution in [1.82, 2.24) is 0 Å². The van der Waals surface area contributed by atoms with Crippen LogP contribution in [0.25, 0.3) is 54.9 Å². The number of benzene rings is 6. The summed E-state index contributed by atoms with van der Waals surface area (Å²) in [6.07, 6.45) is 0. The Balaban J connectivity index is 1.77. The normalized spacial score (nSPS) is 13.7. The van der Waals surface area contributed by atoms with Crippen LogP contribution in [-0.2, 0) is 0 Å². The molecule has 1 aliphatic rings. The van der Waals surface area contributed by atoms with E-state index in [1.807, 2.05) is 0 Å². The summed E-state index contributed by atoms with van der Waals surface area (Å²) in [5, 5.41) is 8.59. The van der Waals surface area contributed by atoms with Crippen LogP contribution < -0.4 is 10.4 Å². The van der Waals surface area contributed by atoms with Gasteiger partial charge < -0.3 is 0 Å². The predicted molar refractivity (Wildman–Crippen MR) is 155 cm³/mol. The van der Waals surface area contributed by atoms with E-state index in [1.165, 1.54) is 54.9 Å². The number of fused-ring (bicyclic) bond motifs is 6. The molecule has 0 atom stereocenters. The standard InChI is InChI=1S/C34H26Si/c1-35(2)30-20-12-11-17-25(30)28-21-22-29-31(23-13-5-3-6-14-23)26-18-9-10-19-27(26)32(33(29)34(28)35)24-15-7-4-8-16-24/h3-22H,1-2H3. The Morgan fingerprint density at radius 1 is 0.429 bits per heavy atom. The fraction of sp³-hybridized carbons (Fsp3) is 0.0588.